The highest BCUT2D eigenvalue weighted by Crippen LogP contribution is 2.54. The van der Waals surface area contributed by atoms with Gasteiger partial charge in [0.2, 0.25) is 5.78 Å². The molecule has 1 rings (SSSR count). The lowest BCUT2D eigenvalue weighted by Gasteiger charge is -2.34. The molecular weight excluding hydrogens is 427 g/mol. The fourth-order valence-electron chi connectivity index (χ4n) is 2.89. The van der Waals surface area contributed by atoms with Gasteiger partial charge in [-0.05, 0) is 34.4 Å². The molecule has 0 amide bonds. The van der Waals surface area contributed by atoms with Gasteiger partial charge in [-0.1, -0.05) is 53.7 Å². The first-order valence-electron chi connectivity index (χ1n) is 9.14. The van der Waals surface area contributed by atoms with Gasteiger partial charge in [0, 0.05) is 5.56 Å². The molecule has 0 saturated heterocycles. The molecule has 30 heavy (non-hydrogen) atoms. The minimum Gasteiger partial charge on any atom is -0.287 e. The Bertz CT molecular complexity index is 761. The Balaban J connectivity index is 3.85. The lowest BCUT2D eigenvalue weighted by atomic mass is 9.80. The lowest BCUT2D eigenvalue weighted by molar-refractivity contribution is -0.386. The number of rotatable bonds is 7. The monoisotopic (exact) mass is 450 g/mol. The van der Waals surface area contributed by atoms with Crippen LogP contribution in [0.2, 0.25) is 0 Å². The van der Waals surface area contributed by atoms with Crippen LogP contribution < -0.4 is 0 Å². The Morgan fingerprint density at radius 3 is 1.30 bits per heavy atom. The molecule has 0 bridgehead atoms. The summed E-state index contributed by atoms with van der Waals surface area (Å²) in [6, 6.07) is 2.62. The Labute approximate surface area is 168 Å². The molecule has 1 aromatic carbocycles. The van der Waals surface area contributed by atoms with E-state index in [-0.39, 0.29) is 17.0 Å². The van der Waals surface area contributed by atoms with E-state index in [4.69, 9.17) is 0 Å². The van der Waals surface area contributed by atoms with Crippen LogP contribution in [0.1, 0.15) is 86.3 Å². The van der Waals surface area contributed by atoms with E-state index in [1.165, 1.54) is 39.8 Å². The van der Waals surface area contributed by atoms with E-state index in [1.807, 2.05) is 0 Å². The van der Waals surface area contributed by atoms with Crippen molar-refractivity contribution in [2.75, 3.05) is 0 Å². The summed E-state index contributed by atoms with van der Waals surface area (Å²) in [6.07, 6.45) is -6.98. The van der Waals surface area contributed by atoms with Crippen LogP contribution in [0.15, 0.2) is 12.1 Å². The first kappa shape index (κ1) is 26.3. The third-order valence-corrected chi connectivity index (χ3v) is 4.79. The van der Waals surface area contributed by atoms with E-state index in [0.29, 0.717) is 5.56 Å². The third-order valence-electron chi connectivity index (χ3n) is 4.79. The normalized spacial score (nSPS) is 14.2. The number of halogens is 9. The first-order chi connectivity index (χ1) is 13.2. The van der Waals surface area contributed by atoms with E-state index in [9.17, 15) is 44.3 Å². The standard InChI is InChI=1S/C20H23F9O/c1-9(2)12-7-13(10(3)4)15(14(8-12)11(5)6)16(30)17(21,22)18(23,24)19(25,26)20(27,28)29/h7-11H,1-6H3. The molecule has 0 unspecified atom stereocenters. The average molecular weight is 450 g/mol. The second kappa shape index (κ2) is 8.07. The maximum absolute atomic E-state index is 14.4. The number of ketones is 1. The molecule has 0 aliphatic carbocycles. The van der Waals surface area contributed by atoms with Gasteiger partial charge in [-0.2, -0.15) is 39.5 Å². The zero-order valence-electron chi connectivity index (χ0n) is 17.2. The molecule has 0 N–H and O–H groups in total. The zero-order valence-corrected chi connectivity index (χ0v) is 17.2. The molecule has 0 radical (unpaired) electrons. The molecule has 0 aliphatic rings. The molecular formula is C20H23F9O. The molecule has 1 nitrogen and oxygen atoms in total. The van der Waals surface area contributed by atoms with Crippen LogP contribution in [0, 0.1) is 0 Å². The average Bonchev–Trinajstić information content (AvgIpc) is 2.58. The summed E-state index contributed by atoms with van der Waals surface area (Å²) in [5.74, 6) is -24.7. The largest absolute Gasteiger partial charge is 0.460 e. The first-order valence-corrected chi connectivity index (χ1v) is 9.14. The summed E-state index contributed by atoms with van der Waals surface area (Å²) in [6.45, 7) is 9.33. The second-order valence-electron chi connectivity index (χ2n) is 8.09. The molecule has 0 aliphatic heterocycles. The number of hydrogen-bond donors (Lipinski definition) is 0. The van der Waals surface area contributed by atoms with Gasteiger partial charge in [0.25, 0.3) is 0 Å². The summed E-state index contributed by atoms with van der Waals surface area (Å²) in [5, 5.41) is 0. The Morgan fingerprint density at radius 2 is 1.03 bits per heavy atom. The molecule has 0 aromatic heterocycles. The summed E-state index contributed by atoms with van der Waals surface area (Å²) in [7, 11) is 0. The van der Waals surface area contributed by atoms with E-state index in [1.54, 1.807) is 13.8 Å². The van der Waals surface area contributed by atoms with Crippen molar-refractivity contribution in [1.82, 2.24) is 0 Å². The predicted octanol–water partition coefficient (Wildman–Crippen LogP) is 7.71. The topological polar surface area (TPSA) is 17.1 Å². The summed E-state index contributed by atoms with van der Waals surface area (Å²) >= 11 is 0. The zero-order chi connectivity index (χ0) is 24.0. The van der Waals surface area contributed by atoms with Crippen LogP contribution >= 0.6 is 0 Å². The molecule has 1 aromatic rings. The number of carbonyl (C=O) groups excluding carboxylic acids is 1. The SMILES string of the molecule is CC(C)c1cc(C(C)C)c(C(=O)C(F)(F)C(F)(F)C(F)(F)C(F)(F)F)c(C(C)C)c1. The van der Waals surface area contributed by atoms with Crippen molar-refractivity contribution in [2.45, 2.75) is 83.2 Å². The van der Waals surface area contributed by atoms with Gasteiger partial charge in [0.05, 0.1) is 0 Å². The van der Waals surface area contributed by atoms with Crippen molar-refractivity contribution < 1.29 is 44.3 Å². The minimum absolute atomic E-state index is 0.124. The fraction of sp³-hybridized carbons (Fsp3) is 0.650. The van der Waals surface area contributed by atoms with E-state index >= 15 is 0 Å². The number of alkyl halides is 9. The number of Topliss-reactive ketones (excluding diaryl/α,β-unsaturated/α-hetero) is 1. The lowest BCUT2D eigenvalue weighted by Crippen LogP contribution is -2.63. The Hall–Kier alpha value is -1.74. The van der Waals surface area contributed by atoms with Gasteiger partial charge in [-0.3, -0.25) is 4.79 Å². The van der Waals surface area contributed by atoms with Gasteiger partial charge >= 0.3 is 23.9 Å². The smallest absolute Gasteiger partial charge is 0.287 e. The van der Waals surface area contributed by atoms with Crippen molar-refractivity contribution >= 4 is 5.78 Å². The molecule has 0 atom stereocenters. The summed E-state index contributed by atoms with van der Waals surface area (Å²) in [4.78, 5) is 12.5. The van der Waals surface area contributed by atoms with Gasteiger partial charge in [-0.15, -0.1) is 0 Å². The Kier molecular flexibility index (Phi) is 7.07. The maximum atomic E-state index is 14.4. The molecule has 0 saturated carbocycles. The fourth-order valence-corrected chi connectivity index (χ4v) is 2.89. The van der Waals surface area contributed by atoms with Crippen LogP contribution in [0.4, 0.5) is 39.5 Å². The number of benzene rings is 1. The van der Waals surface area contributed by atoms with E-state index in [0.717, 1.165) is 0 Å². The van der Waals surface area contributed by atoms with Crippen LogP contribution in [0.5, 0.6) is 0 Å². The Morgan fingerprint density at radius 1 is 0.667 bits per heavy atom. The molecule has 172 valence electrons. The highest BCUT2D eigenvalue weighted by atomic mass is 19.4. The van der Waals surface area contributed by atoms with E-state index in [2.05, 4.69) is 0 Å². The quantitative estimate of drug-likeness (QED) is 0.307. The second-order valence-corrected chi connectivity index (χ2v) is 8.09. The van der Waals surface area contributed by atoms with Crippen molar-refractivity contribution in [1.29, 1.82) is 0 Å². The van der Waals surface area contributed by atoms with Gasteiger partial charge in [-0.25, -0.2) is 0 Å². The highest BCUT2D eigenvalue weighted by Gasteiger charge is 2.83. The van der Waals surface area contributed by atoms with Crippen molar-refractivity contribution in [2.24, 2.45) is 0 Å². The van der Waals surface area contributed by atoms with Gasteiger partial charge in [0.1, 0.15) is 0 Å². The molecule has 10 heteroatoms. The van der Waals surface area contributed by atoms with Crippen LogP contribution in [0.25, 0.3) is 0 Å². The van der Waals surface area contributed by atoms with Crippen molar-refractivity contribution in [3.05, 3.63) is 34.4 Å². The third kappa shape index (κ3) is 4.19. The van der Waals surface area contributed by atoms with Crippen molar-refractivity contribution in [3.8, 4) is 0 Å². The van der Waals surface area contributed by atoms with Crippen LogP contribution in [-0.2, 0) is 0 Å². The van der Waals surface area contributed by atoms with Gasteiger partial charge in [0.15, 0.2) is 0 Å². The summed E-state index contributed by atoms with van der Waals surface area (Å²) < 4.78 is 120. The number of hydrogen-bond acceptors (Lipinski definition) is 1. The van der Waals surface area contributed by atoms with Crippen LogP contribution in [0.3, 0.4) is 0 Å². The minimum atomic E-state index is -7.12. The van der Waals surface area contributed by atoms with Gasteiger partial charge < -0.3 is 0 Å². The van der Waals surface area contributed by atoms with Crippen LogP contribution in [-0.4, -0.2) is 29.7 Å². The van der Waals surface area contributed by atoms with Crippen molar-refractivity contribution in [3.63, 3.8) is 0 Å². The van der Waals surface area contributed by atoms with E-state index < -0.39 is 47.1 Å². The summed E-state index contributed by atoms with van der Waals surface area (Å²) in [5.41, 5.74) is -0.622. The highest BCUT2D eigenvalue weighted by molar-refractivity contribution is 6.05. The molecule has 0 heterocycles. The molecule has 0 spiro atoms. The molecule has 0 fully saturated rings. The maximum Gasteiger partial charge on any atom is 0.460 e. The number of carbonyl (C=O) groups is 1. The predicted molar refractivity (Wildman–Crippen MR) is 93.9 cm³/mol.